The lowest BCUT2D eigenvalue weighted by Gasteiger charge is -2.33. The van der Waals surface area contributed by atoms with Crippen LogP contribution in [0.1, 0.15) is 36.4 Å². The van der Waals surface area contributed by atoms with Crippen LogP contribution in [0.4, 0.5) is 0 Å². The number of hydrogen-bond acceptors (Lipinski definition) is 5. The van der Waals surface area contributed by atoms with Crippen LogP contribution >= 0.6 is 23.1 Å². The molecule has 7 heteroatoms. The first-order valence-corrected chi connectivity index (χ1v) is 9.12. The molecule has 1 aliphatic rings. The molecule has 5 nitrogen and oxygen atoms in total. The highest BCUT2D eigenvalue weighted by Crippen LogP contribution is 2.20. The second kappa shape index (κ2) is 7.79. The van der Waals surface area contributed by atoms with Crippen LogP contribution in [0.3, 0.4) is 0 Å². The third-order valence-corrected chi connectivity index (χ3v) is 5.30. The Balaban J connectivity index is 1.74. The topological polar surface area (TPSA) is 70.5 Å². The first-order chi connectivity index (χ1) is 10.1. The summed E-state index contributed by atoms with van der Waals surface area (Å²) in [5, 5.41) is 12.3. The normalized spacial score (nSPS) is 18.7. The summed E-state index contributed by atoms with van der Waals surface area (Å²) in [6.07, 6.45) is 2.77. The predicted octanol–water partition coefficient (Wildman–Crippen LogP) is 2.54. The van der Waals surface area contributed by atoms with Gasteiger partial charge in [0.2, 0.25) is 5.91 Å². The number of rotatable bonds is 6. The molecule has 1 atom stereocenters. The molecule has 1 amide bonds. The van der Waals surface area contributed by atoms with E-state index in [-0.39, 0.29) is 5.91 Å². The van der Waals surface area contributed by atoms with E-state index in [1.165, 1.54) is 0 Å². The van der Waals surface area contributed by atoms with Crippen LogP contribution in [0.25, 0.3) is 0 Å². The number of amides is 1. The molecule has 1 unspecified atom stereocenters. The lowest BCUT2D eigenvalue weighted by Crippen LogP contribution is -2.48. The minimum Gasteiger partial charge on any atom is -0.480 e. The summed E-state index contributed by atoms with van der Waals surface area (Å²) in [7, 11) is 0. The Kier molecular flexibility index (Phi) is 6.05. The molecule has 116 valence electrons. The minimum atomic E-state index is -0.881. The van der Waals surface area contributed by atoms with E-state index in [9.17, 15) is 14.7 Å². The molecule has 0 spiro atoms. The van der Waals surface area contributed by atoms with Crippen molar-refractivity contribution in [2.75, 3.05) is 12.3 Å². The third-order valence-electron chi connectivity index (χ3n) is 3.48. The van der Waals surface area contributed by atoms with E-state index in [0.717, 1.165) is 29.3 Å². The average molecular weight is 328 g/mol. The molecular formula is C14H20N2O3S2. The van der Waals surface area contributed by atoms with Crippen LogP contribution in [-0.4, -0.2) is 45.2 Å². The van der Waals surface area contributed by atoms with E-state index in [4.69, 9.17) is 0 Å². The van der Waals surface area contributed by atoms with E-state index in [2.05, 4.69) is 4.98 Å². The van der Waals surface area contributed by atoms with Gasteiger partial charge in [-0.2, -0.15) is 11.8 Å². The molecule has 2 rings (SSSR count). The molecule has 0 aromatic carbocycles. The highest BCUT2D eigenvalue weighted by atomic mass is 32.2. The van der Waals surface area contributed by atoms with Gasteiger partial charge in [-0.1, -0.05) is 0 Å². The highest BCUT2D eigenvalue weighted by Gasteiger charge is 2.31. The summed E-state index contributed by atoms with van der Waals surface area (Å²) in [5.74, 6) is 0.593. The number of likely N-dealkylation sites (tertiary alicyclic amines) is 1. The van der Waals surface area contributed by atoms with Crippen LogP contribution < -0.4 is 0 Å². The summed E-state index contributed by atoms with van der Waals surface area (Å²) >= 11 is 3.30. The molecular weight excluding hydrogens is 308 g/mol. The molecule has 1 aromatic rings. The van der Waals surface area contributed by atoms with Crippen molar-refractivity contribution in [3.63, 3.8) is 0 Å². The van der Waals surface area contributed by atoms with Crippen LogP contribution in [0, 0.1) is 6.92 Å². The van der Waals surface area contributed by atoms with Crippen LogP contribution in [0.15, 0.2) is 5.38 Å². The number of thiazole rings is 1. The molecule has 0 aliphatic carbocycles. The van der Waals surface area contributed by atoms with Gasteiger partial charge in [-0.25, -0.2) is 9.78 Å². The van der Waals surface area contributed by atoms with Crippen molar-refractivity contribution in [3.05, 3.63) is 16.1 Å². The van der Waals surface area contributed by atoms with Gasteiger partial charge in [0.15, 0.2) is 0 Å². The number of aryl methyl sites for hydroxylation is 1. The van der Waals surface area contributed by atoms with Gasteiger partial charge in [-0.05, 0) is 26.2 Å². The lowest BCUT2D eigenvalue weighted by molar-refractivity contribution is -0.151. The Hall–Kier alpha value is -1.08. The number of carboxylic acids is 1. The van der Waals surface area contributed by atoms with E-state index >= 15 is 0 Å². The zero-order valence-electron chi connectivity index (χ0n) is 12.1. The minimum absolute atomic E-state index is 0.0379. The Morgan fingerprint density at radius 3 is 3.00 bits per heavy atom. The molecule has 1 saturated heterocycles. The molecule has 0 radical (unpaired) electrons. The standard InChI is InChI=1S/C14H20N2O3S2/c1-10-15-11(9-21-10)8-20-7-5-13(17)16-6-3-2-4-12(16)14(18)19/h9,12H,2-8H2,1H3,(H,18,19). The maximum absolute atomic E-state index is 12.2. The number of hydrogen-bond donors (Lipinski definition) is 1. The summed E-state index contributed by atoms with van der Waals surface area (Å²) in [4.78, 5) is 29.3. The number of carbonyl (C=O) groups excluding carboxylic acids is 1. The zero-order chi connectivity index (χ0) is 15.2. The highest BCUT2D eigenvalue weighted by molar-refractivity contribution is 7.98. The Morgan fingerprint density at radius 1 is 1.52 bits per heavy atom. The van der Waals surface area contributed by atoms with Gasteiger partial charge >= 0.3 is 5.97 Å². The predicted molar refractivity (Wildman–Crippen MR) is 84.6 cm³/mol. The van der Waals surface area contributed by atoms with Crippen LogP contribution in [0.2, 0.25) is 0 Å². The third kappa shape index (κ3) is 4.71. The van der Waals surface area contributed by atoms with E-state index < -0.39 is 12.0 Å². The second-order valence-electron chi connectivity index (χ2n) is 5.10. The molecule has 21 heavy (non-hydrogen) atoms. The monoisotopic (exact) mass is 328 g/mol. The van der Waals surface area contributed by atoms with Crippen LogP contribution in [-0.2, 0) is 15.3 Å². The molecule has 1 fully saturated rings. The molecule has 2 heterocycles. The summed E-state index contributed by atoms with van der Waals surface area (Å²) in [5.41, 5.74) is 1.05. The van der Waals surface area contributed by atoms with E-state index in [1.807, 2.05) is 12.3 Å². The van der Waals surface area contributed by atoms with Crippen LogP contribution in [0.5, 0.6) is 0 Å². The summed E-state index contributed by atoms with van der Waals surface area (Å²) < 4.78 is 0. The number of aromatic nitrogens is 1. The number of piperidine rings is 1. The first-order valence-electron chi connectivity index (χ1n) is 7.09. The van der Waals surface area contributed by atoms with Gasteiger partial charge in [-0.3, -0.25) is 4.79 Å². The number of carbonyl (C=O) groups is 2. The molecule has 1 N–H and O–H groups in total. The van der Waals surface area contributed by atoms with Gasteiger partial charge in [0, 0.05) is 29.9 Å². The van der Waals surface area contributed by atoms with Crippen molar-refractivity contribution in [3.8, 4) is 0 Å². The Bertz CT molecular complexity index is 504. The average Bonchev–Trinajstić information content (AvgIpc) is 2.89. The lowest BCUT2D eigenvalue weighted by atomic mass is 10.0. The molecule has 1 aromatic heterocycles. The number of carboxylic acid groups (broad SMARTS) is 1. The maximum atomic E-state index is 12.2. The van der Waals surface area contributed by atoms with Gasteiger partial charge < -0.3 is 10.0 Å². The van der Waals surface area contributed by atoms with E-state index in [1.54, 1.807) is 28.0 Å². The van der Waals surface area contributed by atoms with Crippen molar-refractivity contribution >= 4 is 35.0 Å². The van der Waals surface area contributed by atoms with Gasteiger partial charge in [-0.15, -0.1) is 11.3 Å². The van der Waals surface area contributed by atoms with Crippen molar-refractivity contribution < 1.29 is 14.7 Å². The Morgan fingerprint density at radius 2 is 2.33 bits per heavy atom. The van der Waals surface area contributed by atoms with Crippen molar-refractivity contribution in [1.82, 2.24) is 9.88 Å². The largest absolute Gasteiger partial charge is 0.480 e. The number of nitrogens with zero attached hydrogens (tertiary/aromatic N) is 2. The molecule has 0 saturated carbocycles. The fourth-order valence-corrected chi connectivity index (χ4v) is 3.98. The SMILES string of the molecule is Cc1nc(CSCCC(=O)N2CCCCC2C(=O)O)cs1. The number of thioether (sulfide) groups is 1. The number of aliphatic carboxylic acids is 1. The fourth-order valence-electron chi connectivity index (χ4n) is 2.44. The summed E-state index contributed by atoms with van der Waals surface area (Å²) in [6.45, 7) is 2.55. The van der Waals surface area contributed by atoms with Gasteiger partial charge in [0.1, 0.15) is 6.04 Å². The van der Waals surface area contributed by atoms with Crippen molar-refractivity contribution in [1.29, 1.82) is 0 Å². The van der Waals surface area contributed by atoms with Crippen molar-refractivity contribution in [2.45, 2.75) is 44.4 Å². The Labute approximate surface area is 132 Å². The second-order valence-corrected chi connectivity index (χ2v) is 7.26. The maximum Gasteiger partial charge on any atom is 0.326 e. The fraction of sp³-hybridized carbons (Fsp3) is 0.643. The quantitative estimate of drug-likeness (QED) is 0.813. The smallest absolute Gasteiger partial charge is 0.326 e. The van der Waals surface area contributed by atoms with Crippen molar-refractivity contribution in [2.24, 2.45) is 0 Å². The molecule has 1 aliphatic heterocycles. The zero-order valence-corrected chi connectivity index (χ0v) is 13.7. The van der Waals surface area contributed by atoms with E-state index in [0.29, 0.717) is 25.1 Å². The summed E-state index contributed by atoms with van der Waals surface area (Å²) in [6, 6.07) is -0.627. The molecule has 0 bridgehead atoms. The van der Waals surface area contributed by atoms with Gasteiger partial charge in [0.05, 0.1) is 10.7 Å². The first kappa shape index (κ1) is 16.3. The van der Waals surface area contributed by atoms with Gasteiger partial charge in [0.25, 0.3) is 0 Å².